The summed E-state index contributed by atoms with van der Waals surface area (Å²) in [7, 11) is 1.59. The van der Waals surface area contributed by atoms with E-state index < -0.39 is 5.91 Å². The minimum atomic E-state index is -0.395. The van der Waals surface area contributed by atoms with Gasteiger partial charge >= 0.3 is 0 Å². The van der Waals surface area contributed by atoms with Crippen molar-refractivity contribution in [2.75, 3.05) is 12.4 Å². The third-order valence-electron chi connectivity index (χ3n) is 3.96. The number of rotatable bonds is 6. The number of amides is 2. The Morgan fingerprint density at radius 1 is 0.931 bits per heavy atom. The Hall–Kier alpha value is -3.64. The van der Waals surface area contributed by atoms with Crippen molar-refractivity contribution in [3.63, 3.8) is 0 Å². The lowest BCUT2D eigenvalue weighted by Gasteiger charge is -2.07. The number of methoxy groups -OCH3 is 1. The number of halogens is 1. The van der Waals surface area contributed by atoms with Gasteiger partial charge in [-0.05, 0) is 66.2 Å². The molecule has 0 heterocycles. The van der Waals surface area contributed by atoms with Crippen LogP contribution < -0.4 is 15.5 Å². The van der Waals surface area contributed by atoms with Crippen molar-refractivity contribution in [3.05, 3.63) is 94.5 Å². The molecule has 3 aromatic carbocycles. The van der Waals surface area contributed by atoms with Gasteiger partial charge in [0.2, 0.25) is 0 Å². The predicted molar refractivity (Wildman–Crippen MR) is 114 cm³/mol. The number of carbonyl (C=O) groups excluding carboxylic acids is 2. The smallest absolute Gasteiger partial charge is 0.271 e. The molecule has 0 fully saturated rings. The highest BCUT2D eigenvalue weighted by molar-refractivity contribution is 6.31. The van der Waals surface area contributed by atoms with E-state index in [0.717, 1.165) is 11.3 Å². The first-order chi connectivity index (χ1) is 14.0. The maximum Gasteiger partial charge on any atom is 0.271 e. The molecule has 7 heteroatoms. The van der Waals surface area contributed by atoms with Gasteiger partial charge in [0.1, 0.15) is 5.75 Å². The lowest BCUT2D eigenvalue weighted by Crippen LogP contribution is -2.18. The van der Waals surface area contributed by atoms with Crippen LogP contribution in [0.15, 0.2) is 77.9 Å². The van der Waals surface area contributed by atoms with E-state index in [9.17, 15) is 9.59 Å². The maximum atomic E-state index is 12.3. The van der Waals surface area contributed by atoms with Crippen molar-refractivity contribution in [1.29, 1.82) is 0 Å². The molecule has 3 rings (SSSR count). The van der Waals surface area contributed by atoms with Crippen LogP contribution in [0.3, 0.4) is 0 Å². The Morgan fingerprint density at radius 2 is 1.62 bits per heavy atom. The summed E-state index contributed by atoms with van der Waals surface area (Å²) in [5.74, 6) is 0.0269. The van der Waals surface area contributed by atoms with E-state index >= 15 is 0 Å². The Bertz CT molecular complexity index is 1050. The summed E-state index contributed by atoms with van der Waals surface area (Å²) in [5, 5.41) is 7.17. The van der Waals surface area contributed by atoms with Gasteiger partial charge in [0.25, 0.3) is 11.8 Å². The zero-order valence-corrected chi connectivity index (χ0v) is 16.3. The van der Waals surface area contributed by atoms with E-state index in [1.807, 2.05) is 12.1 Å². The van der Waals surface area contributed by atoms with Crippen molar-refractivity contribution < 1.29 is 14.3 Å². The molecule has 0 saturated heterocycles. The summed E-state index contributed by atoms with van der Waals surface area (Å²) in [6, 6.07) is 20.4. The van der Waals surface area contributed by atoms with Gasteiger partial charge in [-0.25, -0.2) is 5.43 Å². The Labute approximate surface area is 173 Å². The Balaban J connectivity index is 1.62. The summed E-state index contributed by atoms with van der Waals surface area (Å²) in [4.78, 5) is 24.6. The molecule has 0 aliphatic rings. The summed E-state index contributed by atoms with van der Waals surface area (Å²) in [5.41, 5.74) is 4.56. The highest BCUT2D eigenvalue weighted by atomic mass is 35.5. The van der Waals surface area contributed by atoms with Crippen LogP contribution in [0.1, 0.15) is 26.3 Å². The molecule has 0 spiro atoms. The van der Waals surface area contributed by atoms with Crippen LogP contribution in [-0.4, -0.2) is 25.1 Å². The van der Waals surface area contributed by atoms with Gasteiger partial charge in [-0.3, -0.25) is 9.59 Å². The molecule has 146 valence electrons. The van der Waals surface area contributed by atoms with Crippen LogP contribution in [0.25, 0.3) is 0 Å². The molecule has 0 aliphatic heterocycles. The SMILES string of the molecule is COc1ccc(C=NNC(=O)c2cccc(NC(=O)c3cccc(Cl)c3)c2)cc1. The topological polar surface area (TPSA) is 79.8 Å². The number of benzene rings is 3. The minimum Gasteiger partial charge on any atom is -0.497 e. The third-order valence-corrected chi connectivity index (χ3v) is 4.20. The van der Waals surface area contributed by atoms with Gasteiger partial charge in [-0.2, -0.15) is 5.10 Å². The number of nitrogens with zero attached hydrogens (tertiary/aromatic N) is 1. The molecule has 0 saturated carbocycles. The maximum absolute atomic E-state index is 12.3. The van der Waals surface area contributed by atoms with Gasteiger partial charge in [0, 0.05) is 21.8 Å². The lowest BCUT2D eigenvalue weighted by atomic mass is 10.1. The number of hydrazone groups is 1. The fourth-order valence-electron chi connectivity index (χ4n) is 2.49. The molecule has 0 radical (unpaired) electrons. The molecule has 3 aromatic rings. The largest absolute Gasteiger partial charge is 0.497 e. The van der Waals surface area contributed by atoms with Gasteiger partial charge in [0.15, 0.2) is 0 Å². The third kappa shape index (κ3) is 5.67. The summed E-state index contributed by atoms with van der Waals surface area (Å²) in [6.45, 7) is 0. The van der Waals surface area contributed by atoms with Crippen LogP contribution in [-0.2, 0) is 0 Å². The van der Waals surface area contributed by atoms with Crippen molar-refractivity contribution in [1.82, 2.24) is 5.43 Å². The number of ether oxygens (including phenoxy) is 1. The second kappa shape index (κ2) is 9.52. The number of hydrogen-bond acceptors (Lipinski definition) is 4. The molecule has 0 aromatic heterocycles. The van der Waals surface area contributed by atoms with Crippen LogP contribution in [0.4, 0.5) is 5.69 Å². The first kappa shape index (κ1) is 20.1. The van der Waals surface area contributed by atoms with E-state index in [1.165, 1.54) is 6.21 Å². The monoisotopic (exact) mass is 407 g/mol. The predicted octanol–water partition coefficient (Wildman–Crippen LogP) is 4.36. The summed E-state index contributed by atoms with van der Waals surface area (Å²) < 4.78 is 5.09. The Morgan fingerprint density at radius 3 is 2.31 bits per heavy atom. The van der Waals surface area contributed by atoms with Crippen molar-refractivity contribution in [2.24, 2.45) is 5.10 Å². The zero-order chi connectivity index (χ0) is 20.6. The van der Waals surface area contributed by atoms with Crippen LogP contribution in [0.2, 0.25) is 5.02 Å². The van der Waals surface area contributed by atoms with Crippen LogP contribution in [0, 0.1) is 0 Å². The fourth-order valence-corrected chi connectivity index (χ4v) is 2.68. The number of hydrogen-bond donors (Lipinski definition) is 2. The van der Waals surface area contributed by atoms with E-state index in [0.29, 0.717) is 21.8 Å². The normalized spacial score (nSPS) is 10.6. The molecule has 0 aliphatic carbocycles. The van der Waals surface area contributed by atoms with Crippen molar-refractivity contribution in [3.8, 4) is 5.75 Å². The Kier molecular flexibility index (Phi) is 6.60. The summed E-state index contributed by atoms with van der Waals surface area (Å²) >= 11 is 5.91. The van der Waals surface area contributed by atoms with Crippen LogP contribution in [0.5, 0.6) is 5.75 Å². The molecular formula is C22H18ClN3O3. The minimum absolute atomic E-state index is 0.317. The van der Waals surface area contributed by atoms with Crippen LogP contribution >= 0.6 is 11.6 Å². The first-order valence-electron chi connectivity index (χ1n) is 8.69. The second-order valence-electron chi connectivity index (χ2n) is 6.02. The molecule has 0 unspecified atom stereocenters. The highest BCUT2D eigenvalue weighted by Gasteiger charge is 2.09. The molecule has 6 nitrogen and oxygen atoms in total. The molecule has 2 amide bonds. The number of carbonyl (C=O) groups is 2. The molecular weight excluding hydrogens is 390 g/mol. The quantitative estimate of drug-likeness (QED) is 0.470. The van der Waals surface area contributed by atoms with Gasteiger partial charge in [0.05, 0.1) is 13.3 Å². The van der Waals surface area contributed by atoms with E-state index in [4.69, 9.17) is 16.3 Å². The number of anilines is 1. The number of nitrogens with one attached hydrogen (secondary N) is 2. The van der Waals surface area contributed by atoms with E-state index in [2.05, 4.69) is 15.8 Å². The van der Waals surface area contributed by atoms with E-state index in [1.54, 1.807) is 67.8 Å². The average molecular weight is 408 g/mol. The van der Waals surface area contributed by atoms with Crippen molar-refractivity contribution in [2.45, 2.75) is 0 Å². The van der Waals surface area contributed by atoms with E-state index in [-0.39, 0.29) is 5.91 Å². The summed E-state index contributed by atoms with van der Waals surface area (Å²) in [6.07, 6.45) is 1.53. The van der Waals surface area contributed by atoms with Gasteiger partial charge in [-0.1, -0.05) is 23.7 Å². The zero-order valence-electron chi connectivity index (χ0n) is 15.6. The molecule has 2 N–H and O–H groups in total. The molecule has 29 heavy (non-hydrogen) atoms. The molecule has 0 atom stereocenters. The standard InChI is InChI=1S/C22H18ClN3O3/c1-29-20-10-8-15(9-11-20)14-24-26-22(28)17-5-3-7-19(13-17)25-21(27)16-4-2-6-18(23)12-16/h2-14H,1H3,(H,25,27)(H,26,28). The van der Waals surface area contributed by atoms with Gasteiger partial charge in [-0.15, -0.1) is 0 Å². The molecule has 0 bridgehead atoms. The average Bonchev–Trinajstić information content (AvgIpc) is 2.74. The fraction of sp³-hybridized carbons (Fsp3) is 0.0455. The van der Waals surface area contributed by atoms with Crippen molar-refractivity contribution >= 4 is 35.3 Å². The second-order valence-corrected chi connectivity index (χ2v) is 6.45. The lowest BCUT2D eigenvalue weighted by molar-refractivity contribution is 0.0953. The highest BCUT2D eigenvalue weighted by Crippen LogP contribution is 2.15. The van der Waals surface area contributed by atoms with Gasteiger partial charge < -0.3 is 10.1 Å². The first-order valence-corrected chi connectivity index (χ1v) is 9.07.